The van der Waals surface area contributed by atoms with Gasteiger partial charge < -0.3 is 14.1 Å². The van der Waals surface area contributed by atoms with Gasteiger partial charge in [-0.3, -0.25) is 0 Å². The normalized spacial score (nSPS) is 11.6. The van der Waals surface area contributed by atoms with E-state index in [4.69, 9.17) is 9.15 Å². The maximum absolute atomic E-state index is 6.11. The van der Waals surface area contributed by atoms with Gasteiger partial charge in [-0.1, -0.05) is 30.0 Å². The minimum Gasteiger partial charge on any atom is -0.493 e. The van der Waals surface area contributed by atoms with Crippen molar-refractivity contribution in [1.29, 1.82) is 0 Å². The van der Waals surface area contributed by atoms with Crippen LogP contribution in [0.2, 0.25) is 0 Å². The summed E-state index contributed by atoms with van der Waals surface area (Å²) in [4.78, 5) is 17.2. The second-order valence-corrected chi connectivity index (χ2v) is 7.15. The van der Waals surface area contributed by atoms with Crippen molar-refractivity contribution in [2.75, 3.05) is 7.11 Å². The van der Waals surface area contributed by atoms with Gasteiger partial charge in [-0.15, -0.1) is 0 Å². The van der Waals surface area contributed by atoms with Crippen LogP contribution in [0, 0.1) is 6.92 Å². The molecule has 0 amide bonds. The largest absolute Gasteiger partial charge is 0.493 e. The molecule has 0 radical (unpaired) electrons. The summed E-state index contributed by atoms with van der Waals surface area (Å²) in [5, 5.41) is 1.73. The predicted octanol–water partition coefficient (Wildman–Crippen LogP) is 4.86. The van der Waals surface area contributed by atoms with Gasteiger partial charge in [0.1, 0.15) is 22.2 Å². The van der Waals surface area contributed by atoms with Gasteiger partial charge >= 0.3 is 0 Å². The van der Waals surface area contributed by atoms with Crippen LogP contribution in [0.25, 0.3) is 33.1 Å². The molecule has 6 nitrogen and oxygen atoms in total. The van der Waals surface area contributed by atoms with Gasteiger partial charge in [0.05, 0.1) is 29.3 Å². The molecule has 0 spiro atoms. The number of aromatic amines is 1. The van der Waals surface area contributed by atoms with Crippen molar-refractivity contribution in [2.45, 2.75) is 17.7 Å². The van der Waals surface area contributed by atoms with Crippen LogP contribution in [0.5, 0.6) is 5.75 Å². The number of fused-ring (bicyclic) bond motifs is 4. The Kier molecular flexibility index (Phi) is 3.75. The lowest BCUT2D eigenvalue weighted by Crippen LogP contribution is -1.92. The van der Waals surface area contributed by atoms with Crippen molar-refractivity contribution < 1.29 is 9.15 Å². The monoisotopic (exact) mass is 376 g/mol. The second-order valence-electron chi connectivity index (χ2n) is 6.18. The second kappa shape index (κ2) is 6.28. The number of benzene rings is 2. The molecule has 0 aliphatic heterocycles. The van der Waals surface area contributed by atoms with Gasteiger partial charge in [0.15, 0.2) is 16.9 Å². The maximum Gasteiger partial charge on any atom is 0.186 e. The third-order valence-corrected chi connectivity index (χ3v) is 5.36. The Hall–Kier alpha value is -3.06. The highest BCUT2D eigenvalue weighted by molar-refractivity contribution is 7.98. The van der Waals surface area contributed by atoms with Crippen molar-refractivity contribution in [3.8, 4) is 5.75 Å². The maximum atomic E-state index is 6.11. The molecule has 0 aliphatic rings. The Bertz CT molecular complexity index is 1260. The number of hydrogen-bond donors (Lipinski definition) is 1. The fourth-order valence-corrected chi connectivity index (χ4v) is 4.07. The number of furan rings is 1. The zero-order valence-electron chi connectivity index (χ0n) is 14.8. The Balaban J connectivity index is 1.57. The van der Waals surface area contributed by atoms with E-state index in [-0.39, 0.29) is 0 Å². The molecule has 0 atom stereocenters. The number of imidazole rings is 1. The van der Waals surface area contributed by atoms with Crippen molar-refractivity contribution in [3.05, 3.63) is 54.1 Å². The molecule has 1 N–H and O–H groups in total. The molecule has 3 heterocycles. The first-order valence-electron chi connectivity index (χ1n) is 8.53. The summed E-state index contributed by atoms with van der Waals surface area (Å²) >= 11 is 1.58. The molecule has 0 saturated carbocycles. The minimum absolute atomic E-state index is 0.661. The van der Waals surface area contributed by atoms with Gasteiger partial charge in [0.2, 0.25) is 0 Å². The first kappa shape index (κ1) is 16.1. The van der Waals surface area contributed by atoms with Crippen LogP contribution in [0.1, 0.15) is 11.6 Å². The van der Waals surface area contributed by atoms with Gasteiger partial charge in [-0.05, 0) is 31.2 Å². The van der Waals surface area contributed by atoms with E-state index in [1.54, 1.807) is 18.9 Å². The van der Waals surface area contributed by atoms with Crippen LogP contribution >= 0.6 is 11.8 Å². The van der Waals surface area contributed by atoms with E-state index >= 15 is 0 Å². The molecule has 3 aromatic heterocycles. The molecule has 27 heavy (non-hydrogen) atoms. The quantitative estimate of drug-likeness (QED) is 0.356. The van der Waals surface area contributed by atoms with E-state index in [9.17, 15) is 0 Å². The molecular weight excluding hydrogens is 360 g/mol. The summed E-state index contributed by atoms with van der Waals surface area (Å²) < 4.78 is 11.5. The molecule has 5 aromatic rings. The number of hydrogen-bond acceptors (Lipinski definition) is 6. The Labute approximate surface area is 159 Å². The first-order chi connectivity index (χ1) is 13.2. The smallest absolute Gasteiger partial charge is 0.186 e. The number of nitrogens with zero attached hydrogens (tertiary/aromatic N) is 3. The van der Waals surface area contributed by atoms with E-state index in [0.29, 0.717) is 28.5 Å². The van der Waals surface area contributed by atoms with E-state index in [0.717, 1.165) is 32.8 Å². The van der Waals surface area contributed by atoms with Crippen molar-refractivity contribution in [1.82, 2.24) is 19.9 Å². The lowest BCUT2D eigenvalue weighted by atomic mass is 10.2. The number of methoxy groups -OCH3 is 1. The van der Waals surface area contributed by atoms with Crippen molar-refractivity contribution >= 4 is 44.9 Å². The predicted molar refractivity (Wildman–Crippen MR) is 106 cm³/mol. The standard InChI is InChI=1S/C20H16N4O2S/c1-11-21-17-12-6-5-9-15(25-2)18(12)26-19(17)20(22-11)27-10-16-23-13-7-3-4-8-14(13)24-16/h3-9H,10H2,1-2H3,(H,23,24). The summed E-state index contributed by atoms with van der Waals surface area (Å²) in [5.41, 5.74) is 4.18. The number of rotatable bonds is 4. The lowest BCUT2D eigenvalue weighted by molar-refractivity contribution is 0.411. The zero-order valence-corrected chi connectivity index (χ0v) is 15.6. The van der Waals surface area contributed by atoms with Gasteiger partial charge in [-0.25, -0.2) is 15.0 Å². The molecule has 134 valence electrons. The molecule has 0 aliphatic carbocycles. The third kappa shape index (κ3) is 2.71. The number of aromatic nitrogens is 4. The highest BCUT2D eigenvalue weighted by atomic mass is 32.2. The number of H-pyrrole nitrogens is 1. The highest BCUT2D eigenvalue weighted by Gasteiger charge is 2.18. The van der Waals surface area contributed by atoms with E-state index in [1.807, 2.05) is 49.4 Å². The van der Waals surface area contributed by atoms with Gasteiger partial charge in [0.25, 0.3) is 0 Å². The van der Waals surface area contributed by atoms with Crippen LogP contribution in [0.4, 0.5) is 0 Å². The summed E-state index contributed by atoms with van der Waals surface area (Å²) in [6.07, 6.45) is 0. The number of para-hydroxylation sites is 3. The van der Waals surface area contributed by atoms with Crippen LogP contribution < -0.4 is 4.74 Å². The molecule has 0 unspecified atom stereocenters. The van der Waals surface area contributed by atoms with E-state index < -0.39 is 0 Å². The lowest BCUT2D eigenvalue weighted by Gasteiger charge is -2.01. The molecule has 2 aromatic carbocycles. The first-order valence-corrected chi connectivity index (χ1v) is 9.52. The number of thioether (sulfide) groups is 1. The number of ether oxygens (including phenoxy) is 1. The van der Waals surface area contributed by atoms with Crippen LogP contribution in [0.15, 0.2) is 51.9 Å². The van der Waals surface area contributed by atoms with E-state index in [2.05, 4.69) is 19.9 Å². The van der Waals surface area contributed by atoms with Crippen molar-refractivity contribution in [3.63, 3.8) is 0 Å². The molecule has 7 heteroatoms. The zero-order chi connectivity index (χ0) is 18.4. The summed E-state index contributed by atoms with van der Waals surface area (Å²) in [5.74, 6) is 2.96. The molecular formula is C20H16N4O2S. The fraction of sp³-hybridized carbons (Fsp3) is 0.150. The highest BCUT2D eigenvalue weighted by Crippen LogP contribution is 2.37. The van der Waals surface area contributed by atoms with Crippen molar-refractivity contribution in [2.24, 2.45) is 0 Å². The summed E-state index contributed by atoms with van der Waals surface area (Å²) in [7, 11) is 1.64. The topological polar surface area (TPSA) is 76.8 Å². The molecule has 0 bridgehead atoms. The van der Waals surface area contributed by atoms with Crippen LogP contribution in [-0.2, 0) is 5.75 Å². The third-order valence-electron chi connectivity index (χ3n) is 4.39. The van der Waals surface area contributed by atoms with Gasteiger partial charge in [0, 0.05) is 0 Å². The van der Waals surface area contributed by atoms with Crippen LogP contribution in [0.3, 0.4) is 0 Å². The summed E-state index contributed by atoms with van der Waals surface area (Å²) in [6, 6.07) is 13.8. The molecule has 0 saturated heterocycles. The Morgan fingerprint density at radius 2 is 1.93 bits per heavy atom. The summed E-state index contributed by atoms with van der Waals surface area (Å²) in [6.45, 7) is 1.89. The minimum atomic E-state index is 0.661. The average Bonchev–Trinajstić information content (AvgIpc) is 3.27. The molecule has 5 rings (SSSR count). The SMILES string of the molecule is COc1cccc2c1oc1c(SCc3nc4ccccc4[nH]3)nc(C)nc12. The fourth-order valence-electron chi connectivity index (χ4n) is 3.19. The number of aryl methyl sites for hydroxylation is 1. The average molecular weight is 376 g/mol. The Morgan fingerprint density at radius 3 is 2.78 bits per heavy atom. The van der Waals surface area contributed by atoms with Gasteiger partial charge in [-0.2, -0.15) is 0 Å². The molecule has 0 fully saturated rings. The van der Waals surface area contributed by atoms with E-state index in [1.165, 1.54) is 0 Å². The number of nitrogens with one attached hydrogen (secondary N) is 1. The van der Waals surface area contributed by atoms with Crippen LogP contribution in [-0.4, -0.2) is 27.0 Å². The Morgan fingerprint density at radius 1 is 1.04 bits per heavy atom.